The largest absolute Gasteiger partial charge is 0.444 e. The third-order valence-corrected chi connectivity index (χ3v) is 6.99. The van der Waals surface area contributed by atoms with Crippen molar-refractivity contribution in [2.24, 2.45) is 0 Å². The molecule has 30 heavy (non-hydrogen) atoms. The smallest absolute Gasteiger partial charge is 0.410 e. The average Bonchev–Trinajstić information content (AvgIpc) is 2.72. The minimum Gasteiger partial charge on any atom is -0.444 e. The maximum atomic E-state index is 12.6. The highest BCUT2D eigenvalue weighted by molar-refractivity contribution is 7.91. The average molecular weight is 430 g/mol. The van der Waals surface area contributed by atoms with Crippen LogP contribution in [0, 0.1) is 0 Å². The van der Waals surface area contributed by atoms with Gasteiger partial charge in [-0.15, -0.1) is 0 Å². The van der Waals surface area contributed by atoms with E-state index in [1.165, 1.54) is 0 Å². The number of aryl methyl sites for hydroxylation is 1. The van der Waals surface area contributed by atoms with Gasteiger partial charge in [0.1, 0.15) is 5.60 Å². The summed E-state index contributed by atoms with van der Waals surface area (Å²) < 4.78 is 30.6. The van der Waals surface area contributed by atoms with Crippen molar-refractivity contribution in [1.29, 1.82) is 0 Å². The Morgan fingerprint density at radius 1 is 1.03 bits per heavy atom. The maximum absolute atomic E-state index is 12.6. The third kappa shape index (κ3) is 5.85. The summed E-state index contributed by atoms with van der Waals surface area (Å²) in [4.78, 5) is 14.8. The molecule has 1 amide bonds. The number of piperidine rings is 1. The Labute approximate surface area is 180 Å². The number of carbonyl (C=O) groups is 1. The van der Waals surface area contributed by atoms with E-state index in [0.29, 0.717) is 17.9 Å². The van der Waals surface area contributed by atoms with E-state index in [1.807, 2.05) is 56.0 Å². The van der Waals surface area contributed by atoms with Crippen molar-refractivity contribution in [3.05, 3.63) is 65.7 Å². The molecule has 0 bridgehead atoms. The zero-order chi connectivity index (χ0) is 21.8. The van der Waals surface area contributed by atoms with E-state index in [-0.39, 0.29) is 17.9 Å². The Bertz CT molecular complexity index is 947. The summed E-state index contributed by atoms with van der Waals surface area (Å²) in [6, 6.07) is 16.5. The first-order chi connectivity index (χ1) is 14.2. The van der Waals surface area contributed by atoms with Gasteiger partial charge in [0.15, 0.2) is 9.84 Å². The normalized spacial score (nSPS) is 17.6. The Kier molecular flexibility index (Phi) is 6.86. The summed E-state index contributed by atoms with van der Waals surface area (Å²) in [5, 5.41) is 0. The molecule has 0 aliphatic carbocycles. The van der Waals surface area contributed by atoms with E-state index in [1.54, 1.807) is 24.3 Å². The van der Waals surface area contributed by atoms with Gasteiger partial charge in [-0.3, -0.25) is 0 Å². The molecule has 162 valence electrons. The van der Waals surface area contributed by atoms with Crippen molar-refractivity contribution in [1.82, 2.24) is 4.90 Å². The van der Waals surface area contributed by atoms with Crippen molar-refractivity contribution >= 4 is 15.9 Å². The fourth-order valence-electron chi connectivity index (χ4n) is 3.72. The molecule has 2 aromatic carbocycles. The van der Waals surface area contributed by atoms with E-state index in [9.17, 15) is 13.2 Å². The van der Waals surface area contributed by atoms with Crippen molar-refractivity contribution in [3.8, 4) is 0 Å². The van der Waals surface area contributed by atoms with Crippen LogP contribution in [0.15, 0.2) is 59.5 Å². The first kappa shape index (κ1) is 22.3. The van der Waals surface area contributed by atoms with Gasteiger partial charge in [0.05, 0.1) is 16.7 Å². The molecule has 0 aromatic heterocycles. The molecule has 1 aliphatic heterocycles. The minimum atomic E-state index is -3.30. The second-order valence-electron chi connectivity index (χ2n) is 8.81. The van der Waals surface area contributed by atoms with Crippen LogP contribution in [0.25, 0.3) is 0 Å². The van der Waals surface area contributed by atoms with Gasteiger partial charge in [0, 0.05) is 6.54 Å². The summed E-state index contributed by atoms with van der Waals surface area (Å²) in [6.45, 7) is 6.32. The Balaban J connectivity index is 1.67. The van der Waals surface area contributed by atoms with Gasteiger partial charge in [-0.05, 0) is 69.7 Å². The van der Waals surface area contributed by atoms with E-state index >= 15 is 0 Å². The summed E-state index contributed by atoms with van der Waals surface area (Å²) in [5.41, 5.74) is 1.51. The number of sulfone groups is 1. The number of ether oxygens (including phenoxy) is 1. The van der Waals surface area contributed by atoms with Crippen molar-refractivity contribution in [3.63, 3.8) is 0 Å². The zero-order valence-electron chi connectivity index (χ0n) is 18.0. The summed E-state index contributed by atoms with van der Waals surface area (Å²) in [7, 11) is -3.30. The second-order valence-corrected chi connectivity index (χ2v) is 10.9. The number of hydrogen-bond donors (Lipinski definition) is 0. The zero-order valence-corrected chi connectivity index (χ0v) is 18.8. The van der Waals surface area contributed by atoms with Crippen LogP contribution < -0.4 is 0 Å². The predicted molar refractivity (Wildman–Crippen MR) is 118 cm³/mol. The number of amides is 1. The quantitative estimate of drug-likeness (QED) is 0.658. The summed E-state index contributed by atoms with van der Waals surface area (Å²) in [5.74, 6) is 0.0732. The number of likely N-dealkylation sites (tertiary alicyclic amines) is 1. The second kappa shape index (κ2) is 9.21. The van der Waals surface area contributed by atoms with Crippen LogP contribution in [-0.2, 0) is 21.0 Å². The van der Waals surface area contributed by atoms with Gasteiger partial charge in [-0.1, -0.05) is 42.5 Å². The molecule has 0 radical (unpaired) electrons. The molecule has 6 heteroatoms. The van der Waals surface area contributed by atoms with Crippen LogP contribution in [0.2, 0.25) is 0 Å². The fraction of sp³-hybridized carbons (Fsp3) is 0.458. The third-order valence-electron chi connectivity index (χ3n) is 5.26. The number of nitrogens with zero attached hydrogens (tertiary/aromatic N) is 1. The van der Waals surface area contributed by atoms with E-state index in [2.05, 4.69) is 0 Å². The summed E-state index contributed by atoms with van der Waals surface area (Å²) >= 11 is 0. The van der Waals surface area contributed by atoms with E-state index in [0.717, 1.165) is 30.4 Å². The Morgan fingerprint density at radius 2 is 1.70 bits per heavy atom. The van der Waals surface area contributed by atoms with Crippen LogP contribution >= 0.6 is 0 Å². The van der Waals surface area contributed by atoms with E-state index < -0.39 is 15.4 Å². The summed E-state index contributed by atoms with van der Waals surface area (Å²) in [6.07, 6.45) is 3.13. The van der Waals surface area contributed by atoms with Crippen LogP contribution in [0.5, 0.6) is 0 Å². The van der Waals surface area contributed by atoms with E-state index in [4.69, 9.17) is 4.74 Å². The van der Waals surface area contributed by atoms with Gasteiger partial charge < -0.3 is 9.64 Å². The van der Waals surface area contributed by atoms with Gasteiger partial charge in [0.25, 0.3) is 0 Å². The molecule has 0 N–H and O–H groups in total. The molecular weight excluding hydrogens is 398 g/mol. The predicted octanol–water partition coefficient (Wildman–Crippen LogP) is 5.17. The van der Waals surface area contributed by atoms with Gasteiger partial charge in [-0.2, -0.15) is 0 Å². The molecule has 0 spiro atoms. The van der Waals surface area contributed by atoms with Crippen molar-refractivity contribution in [2.75, 3.05) is 12.3 Å². The molecule has 1 saturated heterocycles. The lowest BCUT2D eigenvalue weighted by molar-refractivity contribution is 0.00951. The molecule has 2 aromatic rings. The van der Waals surface area contributed by atoms with Crippen LogP contribution in [-0.4, -0.2) is 37.3 Å². The monoisotopic (exact) mass is 429 g/mol. The standard InChI is InChI=1S/C24H31NO4S/c1-24(2,3)29-23(26)25-17-8-7-11-22(25)20-14-12-19(13-15-20)16-18-30(27,28)21-9-5-4-6-10-21/h4-6,9-10,12-15,22H,7-8,11,16-18H2,1-3H3. The first-order valence-corrected chi connectivity index (χ1v) is 12.2. The molecule has 3 rings (SSSR count). The molecule has 1 aliphatic rings. The van der Waals surface area contributed by atoms with Gasteiger partial charge in [0.2, 0.25) is 0 Å². The molecular formula is C24H31NO4S. The molecule has 1 atom stereocenters. The maximum Gasteiger partial charge on any atom is 0.410 e. The number of hydrogen-bond acceptors (Lipinski definition) is 4. The topological polar surface area (TPSA) is 63.7 Å². The highest BCUT2D eigenvalue weighted by Crippen LogP contribution is 2.32. The fourth-order valence-corrected chi connectivity index (χ4v) is 5.03. The lowest BCUT2D eigenvalue weighted by Crippen LogP contribution is -2.41. The number of benzene rings is 2. The van der Waals surface area contributed by atoms with Crippen LogP contribution in [0.4, 0.5) is 4.79 Å². The molecule has 5 nitrogen and oxygen atoms in total. The molecule has 0 saturated carbocycles. The number of rotatable bonds is 5. The van der Waals surface area contributed by atoms with Crippen molar-refractivity contribution in [2.45, 2.75) is 63.0 Å². The lowest BCUT2D eigenvalue weighted by Gasteiger charge is -2.37. The van der Waals surface area contributed by atoms with Crippen LogP contribution in [0.1, 0.15) is 57.2 Å². The first-order valence-electron chi connectivity index (χ1n) is 10.5. The van der Waals surface area contributed by atoms with Gasteiger partial charge in [-0.25, -0.2) is 13.2 Å². The van der Waals surface area contributed by atoms with Crippen LogP contribution in [0.3, 0.4) is 0 Å². The molecule has 1 fully saturated rings. The minimum absolute atomic E-state index is 0.00398. The molecule has 1 heterocycles. The van der Waals surface area contributed by atoms with Gasteiger partial charge >= 0.3 is 6.09 Å². The van der Waals surface area contributed by atoms with Crippen molar-refractivity contribution < 1.29 is 17.9 Å². The highest BCUT2D eigenvalue weighted by Gasteiger charge is 2.31. The molecule has 1 unspecified atom stereocenters. The highest BCUT2D eigenvalue weighted by atomic mass is 32.2. The Morgan fingerprint density at radius 3 is 2.33 bits per heavy atom. The Hall–Kier alpha value is -2.34. The number of carbonyl (C=O) groups excluding carboxylic acids is 1. The lowest BCUT2D eigenvalue weighted by atomic mass is 9.94. The SMILES string of the molecule is CC(C)(C)OC(=O)N1CCCCC1c1ccc(CCS(=O)(=O)c2ccccc2)cc1.